The maximum Gasteiger partial charge on any atom is 0.335 e. The highest BCUT2D eigenvalue weighted by Crippen LogP contribution is 2.31. The van der Waals surface area contributed by atoms with Gasteiger partial charge in [-0.05, 0) is 79.3 Å². The molecular formula is C32H31N3O6. The van der Waals surface area contributed by atoms with Crippen LogP contribution in [0.2, 0.25) is 0 Å². The van der Waals surface area contributed by atoms with Crippen LogP contribution in [0.1, 0.15) is 46.3 Å². The van der Waals surface area contributed by atoms with E-state index in [1.165, 1.54) is 19.6 Å². The van der Waals surface area contributed by atoms with E-state index in [9.17, 15) is 19.2 Å². The van der Waals surface area contributed by atoms with Gasteiger partial charge in [0.2, 0.25) is 0 Å². The van der Waals surface area contributed by atoms with E-state index in [1.807, 2.05) is 29.2 Å². The number of anilines is 1. The van der Waals surface area contributed by atoms with Crippen LogP contribution in [0.15, 0.2) is 72.3 Å². The maximum absolute atomic E-state index is 13.2. The van der Waals surface area contributed by atoms with Gasteiger partial charge in [-0.3, -0.25) is 19.7 Å². The Balaban J connectivity index is 1.29. The molecule has 41 heavy (non-hydrogen) atoms. The molecule has 9 nitrogen and oxygen atoms in total. The van der Waals surface area contributed by atoms with Crippen molar-refractivity contribution in [1.29, 1.82) is 0 Å². The Kier molecular flexibility index (Phi) is 8.14. The highest BCUT2D eigenvalue weighted by molar-refractivity contribution is 6.39. The molecule has 3 aromatic carbocycles. The summed E-state index contributed by atoms with van der Waals surface area (Å²) in [6, 6.07) is 18.6. The number of imide groups is 2. The molecule has 2 saturated heterocycles. The number of piperidine rings is 1. The molecular weight excluding hydrogens is 522 g/mol. The smallest absolute Gasteiger partial charge is 0.335 e. The fraction of sp³-hybridized carbons (Fsp3) is 0.250. The summed E-state index contributed by atoms with van der Waals surface area (Å²) < 4.78 is 11.5. The van der Waals surface area contributed by atoms with Crippen LogP contribution in [0.3, 0.4) is 0 Å². The van der Waals surface area contributed by atoms with E-state index in [1.54, 1.807) is 49.4 Å². The Morgan fingerprint density at radius 2 is 1.66 bits per heavy atom. The van der Waals surface area contributed by atoms with Crippen LogP contribution in [0.4, 0.5) is 10.5 Å². The van der Waals surface area contributed by atoms with Gasteiger partial charge in [0.15, 0.2) is 11.5 Å². The van der Waals surface area contributed by atoms with Crippen LogP contribution >= 0.6 is 0 Å². The second-order valence-corrected chi connectivity index (χ2v) is 9.99. The molecule has 2 fully saturated rings. The van der Waals surface area contributed by atoms with Crippen molar-refractivity contribution in [2.75, 3.05) is 25.1 Å². The van der Waals surface area contributed by atoms with Gasteiger partial charge >= 0.3 is 6.03 Å². The average Bonchev–Trinajstić information content (AvgIpc) is 2.99. The minimum Gasteiger partial charge on any atom is -0.493 e. The Labute approximate surface area is 238 Å². The fourth-order valence-corrected chi connectivity index (χ4v) is 4.93. The zero-order valence-electron chi connectivity index (χ0n) is 23.0. The average molecular weight is 554 g/mol. The summed E-state index contributed by atoms with van der Waals surface area (Å²) in [4.78, 5) is 53.9. The number of likely N-dealkylation sites (tertiary alicyclic amines) is 1. The first-order valence-corrected chi connectivity index (χ1v) is 13.5. The minimum atomic E-state index is -0.795. The predicted molar refractivity (Wildman–Crippen MR) is 154 cm³/mol. The molecule has 5 rings (SSSR count). The first kappa shape index (κ1) is 27.6. The van der Waals surface area contributed by atoms with Gasteiger partial charge in [-0.2, -0.15) is 0 Å². The number of barbiturate groups is 1. The van der Waals surface area contributed by atoms with Crippen molar-refractivity contribution in [3.63, 3.8) is 0 Å². The Morgan fingerprint density at radius 3 is 2.37 bits per heavy atom. The highest BCUT2D eigenvalue weighted by Gasteiger charge is 2.37. The third-order valence-corrected chi connectivity index (χ3v) is 7.20. The van der Waals surface area contributed by atoms with E-state index < -0.39 is 17.8 Å². The highest BCUT2D eigenvalue weighted by atomic mass is 16.5. The molecule has 2 heterocycles. The van der Waals surface area contributed by atoms with Crippen molar-refractivity contribution in [1.82, 2.24) is 10.2 Å². The molecule has 5 amide bonds. The number of urea groups is 1. The topological polar surface area (TPSA) is 105 Å². The lowest BCUT2D eigenvalue weighted by molar-refractivity contribution is -0.122. The number of carbonyl (C=O) groups is 4. The number of nitrogens with one attached hydrogen (secondary N) is 1. The molecule has 210 valence electrons. The van der Waals surface area contributed by atoms with E-state index in [4.69, 9.17) is 9.47 Å². The number of methoxy groups -OCH3 is 1. The standard InChI is InChI=1S/C32H31N3O6/c1-21-8-4-5-9-26(21)35-31(38)25(29(36)33-32(35)39)18-23-12-15-27(28(19-23)40-2)41-20-22-10-13-24(14-11-22)30(37)34-16-6-3-7-17-34/h4-5,8-15,18-19H,3,6-7,16-17,20H2,1-2H3,(H,33,36,39)/b25-18+. The molecule has 0 unspecified atom stereocenters. The number of nitrogens with zero attached hydrogens (tertiary/aromatic N) is 2. The van der Waals surface area contributed by atoms with Gasteiger partial charge in [0.05, 0.1) is 12.8 Å². The Morgan fingerprint density at radius 1 is 0.927 bits per heavy atom. The van der Waals surface area contributed by atoms with E-state index >= 15 is 0 Å². The molecule has 0 atom stereocenters. The van der Waals surface area contributed by atoms with E-state index in [0.717, 1.165) is 42.0 Å². The SMILES string of the molecule is COc1cc(/C=C2\C(=O)NC(=O)N(c3ccccc3C)C2=O)ccc1OCc1ccc(C(=O)N2CCCCC2)cc1. The summed E-state index contributed by atoms with van der Waals surface area (Å²) in [6.07, 6.45) is 4.68. The van der Waals surface area contributed by atoms with E-state index in [0.29, 0.717) is 28.3 Å². The number of hydrogen-bond donors (Lipinski definition) is 1. The Hall–Kier alpha value is -4.92. The van der Waals surface area contributed by atoms with Crippen LogP contribution in [-0.2, 0) is 16.2 Å². The normalized spacial score (nSPS) is 16.5. The van der Waals surface area contributed by atoms with Crippen molar-refractivity contribution < 1.29 is 28.7 Å². The third-order valence-electron chi connectivity index (χ3n) is 7.20. The number of aryl methyl sites for hydroxylation is 1. The first-order valence-electron chi connectivity index (χ1n) is 13.5. The number of rotatable bonds is 7. The molecule has 0 radical (unpaired) electrons. The summed E-state index contributed by atoms with van der Waals surface area (Å²) in [5.74, 6) is -0.549. The fourth-order valence-electron chi connectivity index (χ4n) is 4.93. The zero-order valence-corrected chi connectivity index (χ0v) is 23.0. The Bertz CT molecular complexity index is 1520. The number of hydrogen-bond acceptors (Lipinski definition) is 6. The molecule has 1 N–H and O–H groups in total. The quantitative estimate of drug-likeness (QED) is 0.331. The molecule has 0 saturated carbocycles. The van der Waals surface area contributed by atoms with Gasteiger partial charge in [0, 0.05) is 18.7 Å². The predicted octanol–water partition coefficient (Wildman–Crippen LogP) is 4.88. The third kappa shape index (κ3) is 5.99. The number of benzene rings is 3. The molecule has 0 bridgehead atoms. The van der Waals surface area contributed by atoms with Gasteiger partial charge in [-0.1, -0.05) is 36.4 Å². The molecule has 3 aromatic rings. The lowest BCUT2D eigenvalue weighted by atomic mass is 10.1. The molecule has 2 aliphatic rings. The summed E-state index contributed by atoms with van der Waals surface area (Å²) in [5, 5.41) is 2.24. The molecule has 0 spiro atoms. The monoisotopic (exact) mass is 553 g/mol. The van der Waals surface area contributed by atoms with Crippen molar-refractivity contribution in [2.24, 2.45) is 0 Å². The van der Waals surface area contributed by atoms with Gasteiger partial charge in [0.1, 0.15) is 12.2 Å². The van der Waals surface area contributed by atoms with Crippen LogP contribution in [0, 0.1) is 6.92 Å². The van der Waals surface area contributed by atoms with Gasteiger partial charge in [-0.15, -0.1) is 0 Å². The lowest BCUT2D eigenvalue weighted by Gasteiger charge is -2.27. The second-order valence-electron chi connectivity index (χ2n) is 9.99. The van der Waals surface area contributed by atoms with Crippen molar-refractivity contribution >= 4 is 35.5 Å². The van der Waals surface area contributed by atoms with Crippen LogP contribution < -0.4 is 19.7 Å². The largest absolute Gasteiger partial charge is 0.493 e. The molecule has 0 aromatic heterocycles. The lowest BCUT2D eigenvalue weighted by Crippen LogP contribution is -2.54. The number of ether oxygens (including phenoxy) is 2. The first-order chi connectivity index (χ1) is 19.9. The van der Waals surface area contributed by atoms with Crippen molar-refractivity contribution in [3.8, 4) is 11.5 Å². The van der Waals surface area contributed by atoms with Crippen LogP contribution in [-0.4, -0.2) is 48.9 Å². The van der Waals surface area contributed by atoms with Crippen molar-refractivity contribution in [3.05, 3.63) is 94.6 Å². The molecule has 9 heteroatoms. The van der Waals surface area contributed by atoms with Crippen LogP contribution in [0.5, 0.6) is 11.5 Å². The van der Waals surface area contributed by atoms with Gasteiger partial charge < -0.3 is 14.4 Å². The molecule has 2 aliphatic heterocycles. The summed E-state index contributed by atoms with van der Waals surface area (Å²) >= 11 is 0. The maximum atomic E-state index is 13.2. The number of amides is 5. The van der Waals surface area contributed by atoms with Gasteiger partial charge in [-0.25, -0.2) is 9.69 Å². The number of para-hydroxylation sites is 1. The van der Waals surface area contributed by atoms with Crippen molar-refractivity contribution in [2.45, 2.75) is 32.8 Å². The zero-order chi connectivity index (χ0) is 28.9. The summed E-state index contributed by atoms with van der Waals surface area (Å²) in [7, 11) is 1.50. The van der Waals surface area contributed by atoms with Crippen LogP contribution in [0.25, 0.3) is 6.08 Å². The van der Waals surface area contributed by atoms with E-state index in [-0.39, 0.29) is 18.1 Å². The van der Waals surface area contributed by atoms with Gasteiger partial charge in [0.25, 0.3) is 17.7 Å². The minimum absolute atomic E-state index is 0.0556. The number of carbonyl (C=O) groups excluding carboxylic acids is 4. The van der Waals surface area contributed by atoms with E-state index in [2.05, 4.69) is 5.32 Å². The second kappa shape index (κ2) is 12.1. The molecule has 0 aliphatic carbocycles. The summed E-state index contributed by atoms with van der Waals surface area (Å²) in [6.45, 7) is 3.64. The summed E-state index contributed by atoms with van der Waals surface area (Å²) in [5.41, 5.74) is 3.01.